The molecule has 2 unspecified atom stereocenters. The predicted molar refractivity (Wildman–Crippen MR) is 294 cm³/mol. The Morgan fingerprint density at radius 3 is 1.74 bits per heavy atom. The lowest BCUT2D eigenvalue weighted by atomic mass is 9.33. The summed E-state index contributed by atoms with van der Waals surface area (Å²) in [5.74, 6) is 0. The van der Waals surface area contributed by atoms with Gasteiger partial charge in [-0.25, -0.2) is 0 Å². The topological polar surface area (TPSA) is 9.72 Å². The van der Waals surface area contributed by atoms with Crippen molar-refractivity contribution in [2.75, 3.05) is 14.7 Å². The number of para-hydroxylation sites is 2. The molecule has 0 spiro atoms. The van der Waals surface area contributed by atoms with Crippen molar-refractivity contribution in [1.82, 2.24) is 0 Å². The molecule has 3 aliphatic heterocycles. The van der Waals surface area contributed by atoms with Crippen LogP contribution in [-0.2, 0) is 21.7 Å². The molecule has 1 aliphatic carbocycles. The molecule has 0 radical (unpaired) electrons. The van der Waals surface area contributed by atoms with Crippen molar-refractivity contribution in [3.8, 4) is 11.1 Å². The highest BCUT2D eigenvalue weighted by molar-refractivity contribution is 7.00. The zero-order valence-electron chi connectivity index (χ0n) is 42.6. The highest BCUT2D eigenvalue weighted by Crippen LogP contribution is 2.61. The van der Waals surface area contributed by atoms with Gasteiger partial charge < -0.3 is 14.7 Å². The van der Waals surface area contributed by atoms with Gasteiger partial charge >= 0.3 is 0 Å². The molecule has 2 atom stereocenters. The Morgan fingerprint density at radius 1 is 0.426 bits per heavy atom. The molecule has 3 nitrogen and oxygen atoms in total. The van der Waals surface area contributed by atoms with Crippen LogP contribution in [0.4, 0.5) is 45.5 Å². The van der Waals surface area contributed by atoms with Crippen molar-refractivity contribution in [1.29, 1.82) is 0 Å². The Balaban J connectivity index is 1.28. The SMILES string of the molecule is CC(C)(C)c1cccc(N2c3cc(C(C)(C)C)ccc3B3c4ccccc4N(c4ccc(C(C)(C)C)cc4-c4ccccc4)c4cc(N5c6ccccc6C6(C)CCCCCCC56C)cc2c43)c1. The molecule has 3 heterocycles. The van der Waals surface area contributed by atoms with Crippen LogP contribution in [0, 0.1) is 0 Å². The number of nitrogens with zero attached hydrogens (tertiary/aromatic N) is 3. The summed E-state index contributed by atoms with van der Waals surface area (Å²) in [6.07, 6.45) is 7.41. The Bertz CT molecular complexity index is 3090. The lowest BCUT2D eigenvalue weighted by Crippen LogP contribution is -2.61. The molecule has 7 aromatic carbocycles. The predicted octanol–water partition coefficient (Wildman–Crippen LogP) is 15.9. The number of rotatable bonds is 4. The minimum absolute atomic E-state index is 0.00975. The summed E-state index contributed by atoms with van der Waals surface area (Å²) >= 11 is 0. The van der Waals surface area contributed by atoms with E-state index in [-0.39, 0.29) is 33.9 Å². The summed E-state index contributed by atoms with van der Waals surface area (Å²) in [4.78, 5) is 8.14. The second-order valence-electron chi connectivity index (χ2n) is 24.1. The smallest absolute Gasteiger partial charge is 0.252 e. The third-order valence-electron chi connectivity index (χ3n) is 16.8. The molecule has 4 heteroatoms. The second kappa shape index (κ2) is 15.8. The van der Waals surface area contributed by atoms with Crippen molar-refractivity contribution in [2.45, 2.75) is 142 Å². The normalized spacial score (nSPS) is 19.9. The van der Waals surface area contributed by atoms with E-state index in [0.29, 0.717) is 0 Å². The van der Waals surface area contributed by atoms with E-state index in [9.17, 15) is 0 Å². The van der Waals surface area contributed by atoms with Crippen LogP contribution in [0.2, 0.25) is 0 Å². The Kier molecular flexibility index (Phi) is 10.3. The fraction of sp³-hybridized carbons (Fsp3) is 0.344. The van der Waals surface area contributed by atoms with Crippen LogP contribution in [0.5, 0.6) is 0 Å². The largest absolute Gasteiger partial charge is 0.334 e. The van der Waals surface area contributed by atoms with Crippen LogP contribution in [0.25, 0.3) is 11.1 Å². The van der Waals surface area contributed by atoms with E-state index in [0.717, 1.165) is 6.42 Å². The van der Waals surface area contributed by atoms with Crippen molar-refractivity contribution in [2.24, 2.45) is 0 Å². The lowest BCUT2D eigenvalue weighted by Gasteiger charge is -2.50. The fourth-order valence-corrected chi connectivity index (χ4v) is 12.7. The lowest BCUT2D eigenvalue weighted by molar-refractivity contribution is 0.218. The zero-order valence-corrected chi connectivity index (χ0v) is 42.6. The number of hydrogen-bond acceptors (Lipinski definition) is 3. The maximum absolute atomic E-state index is 2.82. The molecule has 1 saturated carbocycles. The zero-order chi connectivity index (χ0) is 47.5. The molecule has 4 aliphatic rings. The molecule has 11 rings (SSSR count). The monoisotopic (exact) mass is 892 g/mol. The highest BCUT2D eigenvalue weighted by atomic mass is 15.3. The summed E-state index contributed by atoms with van der Waals surface area (Å²) in [6, 6.07) is 59.2. The van der Waals surface area contributed by atoms with Gasteiger partial charge in [0, 0.05) is 50.8 Å². The van der Waals surface area contributed by atoms with Crippen LogP contribution in [0.3, 0.4) is 0 Å². The summed E-state index contributed by atoms with van der Waals surface area (Å²) in [7, 11) is 0. The van der Waals surface area contributed by atoms with Gasteiger partial charge in [-0.05, 0) is 135 Å². The first-order chi connectivity index (χ1) is 32.4. The van der Waals surface area contributed by atoms with Gasteiger partial charge in [-0.2, -0.15) is 0 Å². The van der Waals surface area contributed by atoms with E-state index in [1.165, 1.54) is 127 Å². The maximum Gasteiger partial charge on any atom is 0.252 e. The minimum Gasteiger partial charge on any atom is -0.334 e. The molecule has 0 amide bonds. The minimum atomic E-state index is -0.138. The van der Waals surface area contributed by atoms with E-state index in [4.69, 9.17) is 0 Å². The van der Waals surface area contributed by atoms with E-state index in [2.05, 4.69) is 243 Å². The molecular weight excluding hydrogens is 822 g/mol. The third-order valence-corrected chi connectivity index (χ3v) is 16.8. The standard InChI is InChI=1S/C64H70BN3/c1-60(2,3)44-26-23-27-47(38-44)66-56-40-46(62(7,8)9)32-34-52(56)65-51-29-18-20-31-55(51)67(53-35-33-45(61(4,5)6)39-49(53)43-24-15-14-16-25-43)58-42-48(41-57(66)59(58)65)68-54-30-19-17-28-50(54)63(10)36-21-12-13-22-37-64(63,68)11/h14-20,23-35,38-42H,12-13,21-22,36-37H2,1-11H3. The molecule has 68 heavy (non-hydrogen) atoms. The first-order valence-electron chi connectivity index (χ1n) is 25.6. The number of benzene rings is 7. The first kappa shape index (κ1) is 44.5. The van der Waals surface area contributed by atoms with Crippen molar-refractivity contribution in [3.05, 3.63) is 174 Å². The quantitative estimate of drug-likeness (QED) is 0.163. The van der Waals surface area contributed by atoms with Crippen molar-refractivity contribution in [3.63, 3.8) is 0 Å². The average Bonchev–Trinajstić information content (AvgIpc) is 3.49. The van der Waals surface area contributed by atoms with Gasteiger partial charge in [0.1, 0.15) is 0 Å². The van der Waals surface area contributed by atoms with Crippen LogP contribution in [-0.4, -0.2) is 12.3 Å². The van der Waals surface area contributed by atoms with Gasteiger partial charge in [0.2, 0.25) is 0 Å². The molecule has 0 bridgehead atoms. The van der Waals surface area contributed by atoms with Gasteiger partial charge in [0.15, 0.2) is 0 Å². The summed E-state index contributed by atoms with van der Waals surface area (Å²) in [6.45, 7) is 26.3. The summed E-state index contributed by atoms with van der Waals surface area (Å²) in [5.41, 5.74) is 21.9. The fourth-order valence-electron chi connectivity index (χ4n) is 12.7. The Hall–Kier alpha value is -6.00. The van der Waals surface area contributed by atoms with E-state index in [1.807, 2.05) is 0 Å². The first-order valence-corrected chi connectivity index (χ1v) is 25.6. The number of hydrogen-bond donors (Lipinski definition) is 0. The third kappa shape index (κ3) is 6.90. The second-order valence-corrected chi connectivity index (χ2v) is 24.1. The molecule has 0 aromatic heterocycles. The van der Waals surface area contributed by atoms with E-state index >= 15 is 0 Å². The van der Waals surface area contributed by atoms with E-state index in [1.54, 1.807) is 0 Å². The Morgan fingerprint density at radius 2 is 1.01 bits per heavy atom. The molecule has 1 fully saturated rings. The molecular formula is C64H70BN3. The van der Waals surface area contributed by atoms with Crippen LogP contribution in [0.15, 0.2) is 152 Å². The van der Waals surface area contributed by atoms with Gasteiger partial charge in [0.05, 0.1) is 11.2 Å². The van der Waals surface area contributed by atoms with Gasteiger partial charge in [0.25, 0.3) is 6.71 Å². The van der Waals surface area contributed by atoms with Crippen LogP contribution in [0.1, 0.15) is 137 Å². The highest BCUT2D eigenvalue weighted by Gasteiger charge is 2.57. The van der Waals surface area contributed by atoms with Gasteiger partial charge in [-0.3, -0.25) is 0 Å². The van der Waals surface area contributed by atoms with Gasteiger partial charge in [-0.15, -0.1) is 0 Å². The van der Waals surface area contributed by atoms with Crippen molar-refractivity contribution >= 4 is 68.6 Å². The van der Waals surface area contributed by atoms with Gasteiger partial charge in [-0.1, -0.05) is 192 Å². The maximum atomic E-state index is 2.82. The van der Waals surface area contributed by atoms with Crippen molar-refractivity contribution < 1.29 is 0 Å². The molecule has 7 aromatic rings. The summed E-state index contributed by atoms with van der Waals surface area (Å²) in [5, 5.41) is 0. The number of anilines is 8. The molecule has 344 valence electrons. The molecule has 0 N–H and O–H groups in total. The average molecular weight is 892 g/mol. The van der Waals surface area contributed by atoms with E-state index < -0.39 is 0 Å². The van der Waals surface area contributed by atoms with Crippen LogP contribution >= 0.6 is 0 Å². The Labute approximate surface area is 408 Å². The number of fused-ring (bicyclic) bond motifs is 7. The summed E-state index contributed by atoms with van der Waals surface area (Å²) < 4.78 is 0. The van der Waals surface area contributed by atoms with Crippen LogP contribution < -0.4 is 31.1 Å². The molecule has 0 saturated heterocycles.